The van der Waals surface area contributed by atoms with E-state index in [0.29, 0.717) is 12.8 Å². The fourth-order valence-electron chi connectivity index (χ4n) is 3.53. The molecule has 3 N–H and O–H groups in total. The van der Waals surface area contributed by atoms with E-state index in [9.17, 15) is 15.0 Å². The molecule has 2 aliphatic rings. The van der Waals surface area contributed by atoms with Crippen molar-refractivity contribution in [2.75, 3.05) is 0 Å². The number of carboxylic acids is 1. The number of piperidine rings is 1. The molecule has 0 aliphatic carbocycles. The Hall–Kier alpha value is -0.610. The maximum absolute atomic E-state index is 11.6. The highest BCUT2D eigenvalue weighted by atomic mass is 16.4. The van der Waals surface area contributed by atoms with Crippen LogP contribution in [0, 0.1) is 11.3 Å². The van der Waals surface area contributed by atoms with Crippen LogP contribution in [0.4, 0.5) is 0 Å². The van der Waals surface area contributed by atoms with Gasteiger partial charge in [-0.25, -0.2) is 0 Å². The molecule has 0 amide bonds. The quantitative estimate of drug-likeness (QED) is 0.698. The first-order valence-corrected chi connectivity index (χ1v) is 6.51. The average molecular weight is 241 g/mol. The van der Waals surface area contributed by atoms with Crippen LogP contribution in [0.1, 0.15) is 46.5 Å². The van der Waals surface area contributed by atoms with Crippen LogP contribution in [0.25, 0.3) is 0 Å². The lowest BCUT2D eigenvalue weighted by atomic mass is 9.61. The molecule has 0 spiro atoms. The van der Waals surface area contributed by atoms with E-state index in [1.807, 2.05) is 13.8 Å². The molecular weight excluding hydrogens is 218 g/mol. The SMILES string of the molecule is CC(C)C(C)(C(=O)O)C1(O)CC2CCC(C1)N2. The summed E-state index contributed by atoms with van der Waals surface area (Å²) in [5.74, 6) is -0.959. The van der Waals surface area contributed by atoms with Gasteiger partial charge < -0.3 is 15.5 Å². The van der Waals surface area contributed by atoms with Crippen LogP contribution in [0.3, 0.4) is 0 Å². The number of nitrogens with one attached hydrogen (secondary N) is 1. The van der Waals surface area contributed by atoms with E-state index in [2.05, 4.69) is 5.32 Å². The predicted molar refractivity (Wildman–Crippen MR) is 64.7 cm³/mol. The zero-order valence-electron chi connectivity index (χ0n) is 10.9. The van der Waals surface area contributed by atoms with Crippen LogP contribution in [-0.2, 0) is 4.79 Å². The van der Waals surface area contributed by atoms with E-state index in [1.165, 1.54) is 0 Å². The molecule has 2 saturated heterocycles. The Morgan fingerprint density at radius 1 is 1.35 bits per heavy atom. The minimum absolute atomic E-state index is 0.0810. The molecule has 2 fully saturated rings. The second-order valence-corrected chi connectivity index (χ2v) is 6.24. The van der Waals surface area contributed by atoms with Crippen molar-refractivity contribution in [2.45, 2.75) is 64.1 Å². The molecule has 2 heterocycles. The molecule has 0 aromatic carbocycles. The zero-order valence-corrected chi connectivity index (χ0v) is 10.9. The van der Waals surface area contributed by atoms with Crippen molar-refractivity contribution in [2.24, 2.45) is 11.3 Å². The van der Waals surface area contributed by atoms with Crippen LogP contribution in [0.5, 0.6) is 0 Å². The van der Waals surface area contributed by atoms with Crippen molar-refractivity contribution in [3.05, 3.63) is 0 Å². The molecule has 0 radical (unpaired) electrons. The molecule has 2 rings (SSSR count). The topological polar surface area (TPSA) is 69.6 Å². The third kappa shape index (κ3) is 1.78. The number of hydrogen-bond acceptors (Lipinski definition) is 3. The van der Waals surface area contributed by atoms with Gasteiger partial charge in [0.15, 0.2) is 0 Å². The van der Waals surface area contributed by atoms with Crippen molar-refractivity contribution in [3.63, 3.8) is 0 Å². The highest BCUT2D eigenvalue weighted by Crippen LogP contribution is 2.48. The van der Waals surface area contributed by atoms with Crippen molar-refractivity contribution < 1.29 is 15.0 Å². The van der Waals surface area contributed by atoms with Crippen LogP contribution < -0.4 is 5.32 Å². The number of aliphatic hydroxyl groups is 1. The number of carboxylic acid groups (broad SMARTS) is 1. The fourth-order valence-corrected chi connectivity index (χ4v) is 3.53. The molecule has 3 atom stereocenters. The second kappa shape index (κ2) is 3.95. The van der Waals surface area contributed by atoms with Crippen LogP contribution >= 0.6 is 0 Å². The molecule has 98 valence electrons. The standard InChI is InChI=1S/C13H23NO3/c1-8(2)12(3,11(15)16)13(17)6-9-4-5-10(7-13)14-9/h8-10,14,17H,4-7H2,1-3H3,(H,15,16). The first-order valence-electron chi connectivity index (χ1n) is 6.51. The first kappa shape index (κ1) is 12.8. The van der Waals surface area contributed by atoms with Crippen molar-refractivity contribution in [1.29, 1.82) is 0 Å². The van der Waals surface area contributed by atoms with E-state index in [-0.39, 0.29) is 18.0 Å². The molecule has 4 nitrogen and oxygen atoms in total. The van der Waals surface area contributed by atoms with Crippen molar-refractivity contribution >= 4 is 5.97 Å². The molecule has 4 heteroatoms. The van der Waals surface area contributed by atoms with Crippen LogP contribution in [-0.4, -0.2) is 33.9 Å². The number of rotatable bonds is 3. The molecular formula is C13H23NO3. The molecule has 3 unspecified atom stereocenters. The third-order valence-electron chi connectivity index (χ3n) is 5.07. The summed E-state index contributed by atoms with van der Waals surface area (Å²) in [7, 11) is 0. The molecule has 0 saturated carbocycles. The van der Waals surface area contributed by atoms with Crippen LogP contribution in [0.2, 0.25) is 0 Å². The normalized spacial score (nSPS) is 40.3. The Bertz CT molecular complexity index is 317. The maximum atomic E-state index is 11.6. The number of aliphatic carboxylic acids is 1. The van der Waals surface area contributed by atoms with E-state index in [0.717, 1.165) is 12.8 Å². The summed E-state index contributed by atoms with van der Waals surface area (Å²) >= 11 is 0. The van der Waals surface area contributed by atoms with Gasteiger partial charge in [-0.3, -0.25) is 4.79 Å². The van der Waals surface area contributed by atoms with E-state index in [1.54, 1.807) is 6.92 Å². The van der Waals surface area contributed by atoms with Gasteiger partial charge in [0, 0.05) is 12.1 Å². The molecule has 17 heavy (non-hydrogen) atoms. The highest BCUT2D eigenvalue weighted by molar-refractivity contribution is 5.76. The zero-order chi connectivity index (χ0) is 12.8. The largest absolute Gasteiger partial charge is 0.481 e. The van der Waals surface area contributed by atoms with Gasteiger partial charge in [-0.05, 0) is 38.5 Å². The lowest BCUT2D eigenvalue weighted by Gasteiger charge is -2.49. The van der Waals surface area contributed by atoms with E-state index in [4.69, 9.17) is 0 Å². The van der Waals surface area contributed by atoms with Gasteiger partial charge in [0.25, 0.3) is 0 Å². The predicted octanol–water partition coefficient (Wildman–Crippen LogP) is 1.38. The highest BCUT2D eigenvalue weighted by Gasteiger charge is 2.58. The lowest BCUT2D eigenvalue weighted by Crippen LogP contribution is -2.61. The van der Waals surface area contributed by atoms with Gasteiger partial charge in [0.2, 0.25) is 0 Å². The van der Waals surface area contributed by atoms with Gasteiger partial charge in [-0.2, -0.15) is 0 Å². The summed E-state index contributed by atoms with van der Waals surface area (Å²) < 4.78 is 0. The Labute approximate surface area is 102 Å². The van der Waals surface area contributed by atoms with Gasteiger partial charge in [0.05, 0.1) is 11.0 Å². The fraction of sp³-hybridized carbons (Fsp3) is 0.923. The minimum Gasteiger partial charge on any atom is -0.481 e. The molecule has 0 aromatic heterocycles. The molecule has 0 aromatic rings. The second-order valence-electron chi connectivity index (χ2n) is 6.24. The van der Waals surface area contributed by atoms with Gasteiger partial charge >= 0.3 is 5.97 Å². The van der Waals surface area contributed by atoms with Crippen LogP contribution in [0.15, 0.2) is 0 Å². The number of hydrogen-bond donors (Lipinski definition) is 3. The molecule has 2 aliphatic heterocycles. The smallest absolute Gasteiger partial charge is 0.312 e. The molecule has 2 bridgehead atoms. The minimum atomic E-state index is -1.08. The van der Waals surface area contributed by atoms with Gasteiger partial charge in [-0.15, -0.1) is 0 Å². The maximum Gasteiger partial charge on any atom is 0.312 e. The first-order chi connectivity index (χ1) is 7.79. The van der Waals surface area contributed by atoms with Gasteiger partial charge in [-0.1, -0.05) is 13.8 Å². The monoisotopic (exact) mass is 241 g/mol. The van der Waals surface area contributed by atoms with Gasteiger partial charge in [0.1, 0.15) is 0 Å². The van der Waals surface area contributed by atoms with Crippen molar-refractivity contribution in [3.8, 4) is 0 Å². The lowest BCUT2D eigenvalue weighted by molar-refractivity contribution is -0.181. The number of carbonyl (C=O) groups is 1. The summed E-state index contributed by atoms with van der Waals surface area (Å²) in [6.45, 7) is 5.47. The Morgan fingerprint density at radius 3 is 2.18 bits per heavy atom. The third-order valence-corrected chi connectivity index (χ3v) is 5.07. The van der Waals surface area contributed by atoms with E-state index >= 15 is 0 Å². The van der Waals surface area contributed by atoms with Crippen molar-refractivity contribution in [1.82, 2.24) is 5.32 Å². The average Bonchev–Trinajstić information content (AvgIpc) is 2.56. The Kier molecular flexibility index (Phi) is 2.99. The summed E-state index contributed by atoms with van der Waals surface area (Å²) in [5.41, 5.74) is -2.14. The summed E-state index contributed by atoms with van der Waals surface area (Å²) in [6, 6.07) is 0.576. The summed E-state index contributed by atoms with van der Waals surface area (Å²) in [6.07, 6.45) is 3.23. The Morgan fingerprint density at radius 2 is 1.82 bits per heavy atom. The number of fused-ring (bicyclic) bond motifs is 2. The van der Waals surface area contributed by atoms with E-state index < -0.39 is 17.0 Å². The summed E-state index contributed by atoms with van der Waals surface area (Å²) in [5, 5.41) is 23.9. The summed E-state index contributed by atoms with van der Waals surface area (Å²) in [4.78, 5) is 11.6. The Balaban J connectivity index is 2.32.